The molecule has 0 unspecified atom stereocenters. The second-order valence-electron chi connectivity index (χ2n) is 5.79. The molecule has 2 N–H and O–H groups in total. The molecule has 136 valence electrons. The van der Waals surface area contributed by atoms with E-state index >= 15 is 0 Å². The van der Waals surface area contributed by atoms with Gasteiger partial charge in [-0.25, -0.2) is 0 Å². The molecule has 0 bridgehead atoms. The van der Waals surface area contributed by atoms with Crippen molar-refractivity contribution in [3.63, 3.8) is 0 Å². The molecule has 5 nitrogen and oxygen atoms in total. The molecule has 0 aliphatic carbocycles. The molecule has 0 fully saturated rings. The Balaban J connectivity index is 1.67. The van der Waals surface area contributed by atoms with Crippen molar-refractivity contribution in [1.82, 2.24) is 10.3 Å². The zero-order valence-electron chi connectivity index (χ0n) is 14.8. The Hall–Kier alpha value is -2.47. The van der Waals surface area contributed by atoms with E-state index in [1.165, 1.54) is 10.9 Å². The van der Waals surface area contributed by atoms with Crippen molar-refractivity contribution in [2.45, 2.75) is 13.3 Å². The molecule has 0 aliphatic rings. The number of nitrogens with one attached hydrogen (secondary N) is 2. The molecule has 0 saturated heterocycles. The monoisotopic (exact) mass is 416 g/mol. The van der Waals surface area contributed by atoms with E-state index in [2.05, 4.69) is 32.3 Å². The van der Waals surface area contributed by atoms with Crippen molar-refractivity contribution in [3.8, 4) is 11.5 Å². The van der Waals surface area contributed by atoms with E-state index in [9.17, 15) is 4.79 Å². The summed E-state index contributed by atoms with van der Waals surface area (Å²) >= 11 is 3.45. The zero-order chi connectivity index (χ0) is 18.5. The van der Waals surface area contributed by atoms with Crippen LogP contribution in [0, 0.1) is 0 Å². The first kappa shape index (κ1) is 18.3. The lowest BCUT2D eigenvalue weighted by atomic mass is 10.1. The summed E-state index contributed by atoms with van der Waals surface area (Å²) in [5.41, 5.74) is 2.82. The number of aromatic amines is 1. The van der Waals surface area contributed by atoms with Crippen LogP contribution in [0.15, 0.2) is 47.1 Å². The van der Waals surface area contributed by atoms with Gasteiger partial charge < -0.3 is 19.8 Å². The van der Waals surface area contributed by atoms with E-state index in [0.717, 1.165) is 11.9 Å². The Bertz CT molecular complexity index is 921. The van der Waals surface area contributed by atoms with Gasteiger partial charge in [0.1, 0.15) is 0 Å². The Morgan fingerprint density at radius 1 is 1.27 bits per heavy atom. The fourth-order valence-corrected chi connectivity index (χ4v) is 3.44. The second-order valence-corrected chi connectivity index (χ2v) is 6.64. The average Bonchev–Trinajstić information content (AvgIpc) is 3.06. The van der Waals surface area contributed by atoms with Crippen LogP contribution >= 0.6 is 15.9 Å². The van der Waals surface area contributed by atoms with Gasteiger partial charge in [-0.3, -0.25) is 4.79 Å². The number of halogens is 1. The van der Waals surface area contributed by atoms with Gasteiger partial charge in [-0.05, 0) is 53.0 Å². The highest BCUT2D eigenvalue weighted by molar-refractivity contribution is 9.10. The summed E-state index contributed by atoms with van der Waals surface area (Å²) in [6.07, 6.45) is 2.75. The van der Waals surface area contributed by atoms with E-state index in [-0.39, 0.29) is 5.91 Å². The van der Waals surface area contributed by atoms with Crippen LogP contribution in [0.25, 0.3) is 10.9 Å². The SMILES string of the molecule is CCOc1c(Br)cc(C(=O)NCCc2c[nH]c3ccccc23)cc1OC. The van der Waals surface area contributed by atoms with Crippen LogP contribution in [-0.2, 0) is 6.42 Å². The van der Waals surface area contributed by atoms with Crippen LogP contribution in [0.1, 0.15) is 22.8 Å². The number of ether oxygens (including phenoxy) is 2. The van der Waals surface area contributed by atoms with E-state index in [1.807, 2.05) is 31.3 Å². The van der Waals surface area contributed by atoms with E-state index in [1.54, 1.807) is 19.2 Å². The van der Waals surface area contributed by atoms with Gasteiger partial charge in [-0.2, -0.15) is 0 Å². The average molecular weight is 417 g/mol. The van der Waals surface area contributed by atoms with Gasteiger partial charge in [-0.1, -0.05) is 18.2 Å². The van der Waals surface area contributed by atoms with Crippen LogP contribution in [-0.4, -0.2) is 31.2 Å². The topological polar surface area (TPSA) is 63.3 Å². The fraction of sp³-hybridized carbons (Fsp3) is 0.250. The molecule has 0 aliphatic heterocycles. The van der Waals surface area contributed by atoms with Crippen LogP contribution < -0.4 is 14.8 Å². The molecule has 0 radical (unpaired) electrons. The summed E-state index contributed by atoms with van der Waals surface area (Å²) in [5.74, 6) is 0.986. The molecule has 2 aromatic carbocycles. The van der Waals surface area contributed by atoms with Crippen molar-refractivity contribution in [3.05, 3.63) is 58.2 Å². The Morgan fingerprint density at radius 2 is 2.08 bits per heavy atom. The Labute approximate surface area is 160 Å². The van der Waals surface area contributed by atoms with E-state index in [4.69, 9.17) is 9.47 Å². The first-order valence-corrected chi connectivity index (χ1v) is 9.26. The quantitative estimate of drug-likeness (QED) is 0.602. The number of hydrogen-bond donors (Lipinski definition) is 2. The highest BCUT2D eigenvalue weighted by Gasteiger charge is 2.15. The number of carbonyl (C=O) groups excluding carboxylic acids is 1. The predicted octanol–water partition coefficient (Wildman–Crippen LogP) is 4.31. The minimum Gasteiger partial charge on any atom is -0.493 e. The summed E-state index contributed by atoms with van der Waals surface area (Å²) < 4.78 is 11.6. The summed E-state index contributed by atoms with van der Waals surface area (Å²) in [6, 6.07) is 11.6. The van der Waals surface area contributed by atoms with Gasteiger partial charge >= 0.3 is 0 Å². The first-order valence-electron chi connectivity index (χ1n) is 8.47. The lowest BCUT2D eigenvalue weighted by Gasteiger charge is -2.13. The lowest BCUT2D eigenvalue weighted by molar-refractivity contribution is 0.0953. The number of para-hydroxylation sites is 1. The van der Waals surface area contributed by atoms with Gasteiger partial charge in [0, 0.05) is 29.2 Å². The van der Waals surface area contributed by atoms with Crippen molar-refractivity contribution in [2.24, 2.45) is 0 Å². The third kappa shape index (κ3) is 3.85. The number of hydrogen-bond acceptors (Lipinski definition) is 3. The van der Waals surface area contributed by atoms with Crippen molar-refractivity contribution in [1.29, 1.82) is 0 Å². The third-order valence-corrected chi connectivity index (χ3v) is 4.72. The fourth-order valence-electron chi connectivity index (χ4n) is 2.89. The van der Waals surface area contributed by atoms with Gasteiger partial charge in [0.15, 0.2) is 11.5 Å². The van der Waals surface area contributed by atoms with Crippen molar-refractivity contribution >= 4 is 32.7 Å². The molecule has 1 aromatic heterocycles. The summed E-state index contributed by atoms with van der Waals surface area (Å²) in [7, 11) is 1.56. The first-order chi connectivity index (χ1) is 12.6. The standard InChI is InChI=1S/C20H21BrN2O3/c1-3-26-19-16(21)10-14(11-18(19)25-2)20(24)22-9-8-13-12-23-17-7-5-4-6-15(13)17/h4-7,10-12,23H,3,8-9H2,1-2H3,(H,22,24). The van der Waals surface area contributed by atoms with E-state index in [0.29, 0.717) is 34.7 Å². The number of methoxy groups -OCH3 is 1. The number of carbonyl (C=O) groups is 1. The number of benzene rings is 2. The molecule has 0 atom stereocenters. The number of aromatic nitrogens is 1. The smallest absolute Gasteiger partial charge is 0.251 e. The molecule has 1 heterocycles. The maximum atomic E-state index is 12.5. The van der Waals surface area contributed by atoms with Crippen LogP contribution in [0.4, 0.5) is 0 Å². The number of fused-ring (bicyclic) bond motifs is 1. The van der Waals surface area contributed by atoms with Gasteiger partial charge in [0.25, 0.3) is 5.91 Å². The van der Waals surface area contributed by atoms with Crippen molar-refractivity contribution < 1.29 is 14.3 Å². The molecule has 6 heteroatoms. The lowest BCUT2D eigenvalue weighted by Crippen LogP contribution is -2.25. The minimum atomic E-state index is -0.146. The van der Waals surface area contributed by atoms with E-state index < -0.39 is 0 Å². The molecule has 0 spiro atoms. The molecule has 3 rings (SSSR count). The van der Waals surface area contributed by atoms with Crippen LogP contribution in [0.5, 0.6) is 11.5 Å². The molecular formula is C20H21BrN2O3. The minimum absolute atomic E-state index is 0.146. The largest absolute Gasteiger partial charge is 0.493 e. The van der Waals surface area contributed by atoms with Crippen molar-refractivity contribution in [2.75, 3.05) is 20.3 Å². The molecule has 0 saturated carbocycles. The second kappa shape index (κ2) is 8.27. The molecule has 1 amide bonds. The summed E-state index contributed by atoms with van der Waals surface area (Å²) in [6.45, 7) is 2.97. The summed E-state index contributed by atoms with van der Waals surface area (Å²) in [4.78, 5) is 15.7. The molecular weight excluding hydrogens is 396 g/mol. The van der Waals surface area contributed by atoms with Crippen LogP contribution in [0.3, 0.4) is 0 Å². The highest BCUT2D eigenvalue weighted by atomic mass is 79.9. The predicted molar refractivity (Wildman–Crippen MR) is 106 cm³/mol. The summed E-state index contributed by atoms with van der Waals surface area (Å²) in [5, 5.41) is 4.15. The number of rotatable bonds is 7. The third-order valence-electron chi connectivity index (χ3n) is 4.14. The maximum absolute atomic E-state index is 12.5. The van der Waals surface area contributed by atoms with Crippen LogP contribution in [0.2, 0.25) is 0 Å². The van der Waals surface area contributed by atoms with Gasteiger partial charge in [-0.15, -0.1) is 0 Å². The zero-order valence-corrected chi connectivity index (χ0v) is 16.4. The normalized spacial score (nSPS) is 10.7. The molecule has 3 aromatic rings. The number of H-pyrrole nitrogens is 1. The maximum Gasteiger partial charge on any atom is 0.251 e. The number of amides is 1. The Morgan fingerprint density at radius 3 is 2.85 bits per heavy atom. The molecule has 26 heavy (non-hydrogen) atoms. The highest BCUT2D eigenvalue weighted by Crippen LogP contribution is 2.36. The van der Waals surface area contributed by atoms with Gasteiger partial charge in [0.05, 0.1) is 18.2 Å². The van der Waals surface area contributed by atoms with Gasteiger partial charge in [0.2, 0.25) is 0 Å². The Kier molecular flexibility index (Phi) is 5.83.